The van der Waals surface area contributed by atoms with Crippen LogP contribution in [0.4, 0.5) is 0 Å². The van der Waals surface area contributed by atoms with E-state index < -0.39 is 5.25 Å². The van der Waals surface area contributed by atoms with Crippen molar-refractivity contribution in [3.63, 3.8) is 0 Å². The van der Waals surface area contributed by atoms with E-state index in [2.05, 4.69) is 20.6 Å². The number of halogens is 1. The van der Waals surface area contributed by atoms with Crippen LogP contribution in [0.3, 0.4) is 0 Å². The first kappa shape index (κ1) is 22.1. The van der Waals surface area contributed by atoms with Crippen LogP contribution in [0.25, 0.3) is 0 Å². The average molecular weight is 487 g/mol. The van der Waals surface area contributed by atoms with E-state index in [0.717, 1.165) is 30.7 Å². The van der Waals surface area contributed by atoms with Crippen LogP contribution >= 0.6 is 23.4 Å². The minimum atomic E-state index is -0.454. The van der Waals surface area contributed by atoms with E-state index in [4.69, 9.17) is 20.8 Å². The van der Waals surface area contributed by atoms with Crippen molar-refractivity contribution >= 4 is 35.0 Å². The topological polar surface area (TPSA) is 98.6 Å². The molecule has 2 aliphatic heterocycles. The summed E-state index contributed by atoms with van der Waals surface area (Å²) in [6.45, 7) is 3.18. The van der Waals surface area contributed by atoms with Crippen LogP contribution in [0.15, 0.2) is 57.3 Å². The zero-order chi connectivity index (χ0) is 22.8. The highest BCUT2D eigenvalue weighted by Gasteiger charge is 2.37. The molecule has 3 aromatic rings. The number of carbonyl (C=O) groups is 1. The van der Waals surface area contributed by atoms with Gasteiger partial charge < -0.3 is 9.15 Å². The lowest BCUT2D eigenvalue weighted by Gasteiger charge is -2.22. The van der Waals surface area contributed by atoms with E-state index in [0.29, 0.717) is 28.9 Å². The smallest absolute Gasteiger partial charge is 0.256 e. The molecule has 1 aromatic carbocycles. The highest BCUT2D eigenvalue weighted by Crippen LogP contribution is 2.35. The lowest BCUT2D eigenvalue weighted by atomic mass is 10.0. The molecule has 1 fully saturated rings. The van der Waals surface area contributed by atoms with Crippen LogP contribution < -0.4 is 0 Å². The molecule has 172 valence electrons. The number of nitrogens with zero attached hydrogens (tertiary/aromatic N) is 6. The van der Waals surface area contributed by atoms with Gasteiger partial charge >= 0.3 is 0 Å². The molecular weight excluding hydrogens is 464 g/mol. The second-order valence-corrected chi connectivity index (χ2v) is 9.75. The maximum atomic E-state index is 13.5. The van der Waals surface area contributed by atoms with Gasteiger partial charge in [0.1, 0.15) is 11.8 Å². The number of thioether (sulfide) groups is 1. The van der Waals surface area contributed by atoms with Crippen LogP contribution in [0, 0.1) is 0 Å². The molecule has 3 atom stereocenters. The SMILES string of the molecule is C[C@H](Sc1nnnn1C[C@@H]1CCCO1)C(=O)N1N=C(c2ccc(Cl)cc2)C[C@H]1c1ccco1. The Hall–Kier alpha value is -2.69. The van der Waals surface area contributed by atoms with Crippen molar-refractivity contribution < 1.29 is 13.9 Å². The van der Waals surface area contributed by atoms with Gasteiger partial charge in [0.05, 0.1) is 29.9 Å². The number of carbonyl (C=O) groups excluding carboxylic acids is 1. The Labute approximate surface area is 200 Å². The fraction of sp³-hybridized carbons (Fsp3) is 0.409. The van der Waals surface area contributed by atoms with E-state index in [9.17, 15) is 4.79 Å². The van der Waals surface area contributed by atoms with Crippen molar-refractivity contribution in [2.45, 2.75) is 55.3 Å². The number of aromatic nitrogens is 4. The second kappa shape index (κ2) is 9.66. The van der Waals surface area contributed by atoms with Crippen LogP contribution in [0.5, 0.6) is 0 Å². The summed E-state index contributed by atoms with van der Waals surface area (Å²) in [4.78, 5) is 13.5. The van der Waals surface area contributed by atoms with Crippen molar-refractivity contribution in [1.29, 1.82) is 0 Å². The summed E-state index contributed by atoms with van der Waals surface area (Å²) in [5.41, 5.74) is 1.73. The number of hydrogen-bond donors (Lipinski definition) is 0. The summed E-state index contributed by atoms with van der Waals surface area (Å²) in [6, 6.07) is 10.8. The van der Waals surface area contributed by atoms with Gasteiger partial charge in [0, 0.05) is 18.1 Å². The molecule has 11 heteroatoms. The Morgan fingerprint density at radius 1 is 1.30 bits per heavy atom. The van der Waals surface area contributed by atoms with Crippen molar-refractivity contribution in [1.82, 2.24) is 25.2 Å². The normalized spacial score (nSPS) is 21.4. The first-order chi connectivity index (χ1) is 16.1. The number of ether oxygens (including phenoxy) is 1. The summed E-state index contributed by atoms with van der Waals surface area (Å²) >= 11 is 7.35. The van der Waals surface area contributed by atoms with Gasteiger partial charge in [0.25, 0.3) is 5.91 Å². The predicted molar refractivity (Wildman–Crippen MR) is 123 cm³/mol. The number of benzene rings is 1. The standard InChI is InChI=1S/C22H23ClN6O3S/c1-14(33-22-24-26-27-28(22)13-17-4-2-10-31-17)21(30)29-19(20-5-3-11-32-20)12-18(25-29)15-6-8-16(23)9-7-15/h3,5-9,11,14,17,19H,2,4,10,12-13H2,1H3/t14-,17-,19-/m0/s1. The van der Waals surface area contributed by atoms with E-state index >= 15 is 0 Å². The third kappa shape index (κ3) is 4.83. The monoisotopic (exact) mass is 486 g/mol. The highest BCUT2D eigenvalue weighted by molar-refractivity contribution is 8.00. The van der Waals surface area contributed by atoms with Gasteiger partial charge in [-0.25, -0.2) is 9.69 Å². The van der Waals surface area contributed by atoms with Crippen LogP contribution in [0.1, 0.15) is 43.6 Å². The molecule has 9 nitrogen and oxygen atoms in total. The van der Waals surface area contributed by atoms with Gasteiger partial charge in [0.15, 0.2) is 0 Å². The van der Waals surface area contributed by atoms with Gasteiger partial charge in [-0.15, -0.1) is 5.10 Å². The molecule has 0 N–H and O–H groups in total. The molecule has 0 unspecified atom stereocenters. The summed E-state index contributed by atoms with van der Waals surface area (Å²) in [7, 11) is 0. The zero-order valence-corrected chi connectivity index (χ0v) is 19.6. The largest absolute Gasteiger partial charge is 0.467 e. The van der Waals surface area contributed by atoms with E-state index in [-0.39, 0.29) is 18.1 Å². The molecule has 33 heavy (non-hydrogen) atoms. The number of furan rings is 1. The fourth-order valence-electron chi connectivity index (χ4n) is 4.00. The molecular formula is C22H23ClN6O3S. The molecule has 2 aliphatic rings. The first-order valence-corrected chi connectivity index (χ1v) is 12.1. The number of tetrazole rings is 1. The van der Waals surface area contributed by atoms with Gasteiger partial charge in [-0.3, -0.25) is 4.79 Å². The number of rotatable bonds is 7. The molecule has 1 saturated heterocycles. The van der Waals surface area contributed by atoms with Crippen LogP contribution in [-0.2, 0) is 16.1 Å². The predicted octanol–water partition coefficient (Wildman–Crippen LogP) is 3.96. The van der Waals surface area contributed by atoms with Crippen molar-refractivity contribution in [3.8, 4) is 0 Å². The van der Waals surface area contributed by atoms with Gasteiger partial charge in [0.2, 0.25) is 5.16 Å². The Morgan fingerprint density at radius 3 is 2.88 bits per heavy atom. The first-order valence-electron chi connectivity index (χ1n) is 10.8. The third-order valence-electron chi connectivity index (χ3n) is 5.71. The van der Waals surface area contributed by atoms with E-state index in [1.807, 2.05) is 43.3 Å². The molecule has 0 aliphatic carbocycles. The maximum absolute atomic E-state index is 13.5. The number of amides is 1. The quantitative estimate of drug-likeness (QED) is 0.466. The Balaban J connectivity index is 1.35. The van der Waals surface area contributed by atoms with Gasteiger partial charge in [-0.2, -0.15) is 5.10 Å². The summed E-state index contributed by atoms with van der Waals surface area (Å²) in [6.07, 6.45) is 4.29. The van der Waals surface area contributed by atoms with E-state index in [1.165, 1.54) is 16.8 Å². The minimum absolute atomic E-state index is 0.104. The van der Waals surface area contributed by atoms with Gasteiger partial charge in [-0.05, 0) is 60.0 Å². The van der Waals surface area contributed by atoms with Crippen LogP contribution in [-0.4, -0.2) is 54.8 Å². The molecule has 5 rings (SSSR count). The lowest BCUT2D eigenvalue weighted by Crippen LogP contribution is -2.33. The molecule has 0 bridgehead atoms. The highest BCUT2D eigenvalue weighted by atomic mass is 35.5. The minimum Gasteiger partial charge on any atom is -0.467 e. The summed E-state index contributed by atoms with van der Waals surface area (Å²) in [5, 5.41) is 19.0. The molecule has 0 radical (unpaired) electrons. The maximum Gasteiger partial charge on any atom is 0.256 e. The zero-order valence-electron chi connectivity index (χ0n) is 18.0. The number of hydrazone groups is 1. The van der Waals surface area contributed by atoms with Crippen molar-refractivity contribution in [2.24, 2.45) is 5.10 Å². The summed E-state index contributed by atoms with van der Waals surface area (Å²) < 4.78 is 13.0. The molecule has 0 spiro atoms. The van der Waals surface area contributed by atoms with Crippen molar-refractivity contribution in [2.75, 3.05) is 6.61 Å². The van der Waals surface area contributed by atoms with E-state index in [1.54, 1.807) is 10.9 Å². The Kier molecular flexibility index (Phi) is 6.48. The van der Waals surface area contributed by atoms with Gasteiger partial charge in [-0.1, -0.05) is 35.5 Å². The van der Waals surface area contributed by atoms with Crippen LogP contribution in [0.2, 0.25) is 5.02 Å². The molecule has 4 heterocycles. The lowest BCUT2D eigenvalue weighted by molar-refractivity contribution is -0.132. The van der Waals surface area contributed by atoms with Crippen molar-refractivity contribution in [3.05, 3.63) is 59.0 Å². The fourth-order valence-corrected chi connectivity index (χ4v) is 4.97. The number of hydrogen-bond acceptors (Lipinski definition) is 8. The molecule has 2 aromatic heterocycles. The average Bonchev–Trinajstić information content (AvgIpc) is 3.61. The molecule has 1 amide bonds. The summed E-state index contributed by atoms with van der Waals surface area (Å²) in [5.74, 6) is 0.550. The Bertz CT molecular complexity index is 1130. The molecule has 0 saturated carbocycles. The second-order valence-electron chi connectivity index (χ2n) is 8.01. The Morgan fingerprint density at radius 2 is 2.15 bits per heavy atom. The third-order valence-corrected chi connectivity index (χ3v) is 7.03.